The molecule has 0 N–H and O–H groups in total. The van der Waals surface area contributed by atoms with Crippen molar-refractivity contribution in [1.82, 2.24) is 9.55 Å². The Kier molecular flexibility index (Phi) is 3.49. The minimum atomic E-state index is -0.152. The maximum Gasteiger partial charge on any atom is 0.297 e. The monoisotopic (exact) mass is 332 g/mol. The average molecular weight is 332 g/mol. The summed E-state index contributed by atoms with van der Waals surface area (Å²) in [6.07, 6.45) is 1.60. The van der Waals surface area contributed by atoms with Crippen molar-refractivity contribution in [3.05, 3.63) is 76.3 Å². The van der Waals surface area contributed by atoms with Crippen LogP contribution in [0.5, 0.6) is 0 Å². The zero-order valence-corrected chi connectivity index (χ0v) is 14.6. The van der Waals surface area contributed by atoms with E-state index in [1.54, 1.807) is 10.9 Å². The van der Waals surface area contributed by atoms with Crippen LogP contribution < -0.4 is 5.56 Å². The minimum Gasteiger partial charge on any atom is -0.448 e. The quantitative estimate of drug-likeness (QED) is 0.543. The van der Waals surface area contributed by atoms with Gasteiger partial charge in [0.05, 0.1) is 12.9 Å². The van der Waals surface area contributed by atoms with E-state index in [1.807, 2.05) is 24.3 Å². The van der Waals surface area contributed by atoms with Crippen LogP contribution in [-0.4, -0.2) is 9.55 Å². The lowest BCUT2D eigenvalue weighted by atomic mass is 9.87. The summed E-state index contributed by atoms with van der Waals surface area (Å²) in [6, 6.07) is 15.9. The molecule has 0 aliphatic rings. The number of benzene rings is 2. The van der Waals surface area contributed by atoms with E-state index < -0.39 is 0 Å². The Morgan fingerprint density at radius 2 is 1.76 bits per heavy atom. The molecule has 0 saturated heterocycles. The van der Waals surface area contributed by atoms with Gasteiger partial charge in [0.1, 0.15) is 11.1 Å². The standard InChI is InChI=1S/C21H20N2O2/c1-21(2,3)15-10-8-14(9-11-15)12-23-13-22-18-16-6-4-5-7-17(16)25-19(18)20(23)24/h4-11,13H,12H2,1-3H3. The van der Waals surface area contributed by atoms with Gasteiger partial charge in [-0.3, -0.25) is 9.36 Å². The molecule has 2 aromatic heterocycles. The van der Waals surface area contributed by atoms with Crippen molar-refractivity contribution in [3.8, 4) is 0 Å². The largest absolute Gasteiger partial charge is 0.448 e. The molecule has 0 radical (unpaired) electrons. The maximum absolute atomic E-state index is 12.8. The topological polar surface area (TPSA) is 48.0 Å². The molecular formula is C21H20N2O2. The van der Waals surface area contributed by atoms with Crippen molar-refractivity contribution < 1.29 is 4.42 Å². The minimum absolute atomic E-state index is 0.115. The molecule has 0 atom stereocenters. The van der Waals surface area contributed by atoms with Gasteiger partial charge >= 0.3 is 0 Å². The highest BCUT2D eigenvalue weighted by Crippen LogP contribution is 2.25. The Labute approximate surface area is 145 Å². The molecule has 0 unspecified atom stereocenters. The van der Waals surface area contributed by atoms with Crippen LogP contribution in [-0.2, 0) is 12.0 Å². The van der Waals surface area contributed by atoms with Gasteiger partial charge in [-0.25, -0.2) is 4.98 Å². The van der Waals surface area contributed by atoms with Gasteiger partial charge in [-0.15, -0.1) is 0 Å². The van der Waals surface area contributed by atoms with E-state index >= 15 is 0 Å². The zero-order valence-electron chi connectivity index (χ0n) is 14.6. The Morgan fingerprint density at radius 3 is 2.48 bits per heavy atom. The lowest BCUT2D eigenvalue weighted by Gasteiger charge is -2.19. The van der Waals surface area contributed by atoms with Gasteiger partial charge in [-0.2, -0.15) is 0 Å². The van der Waals surface area contributed by atoms with E-state index in [0.29, 0.717) is 23.2 Å². The first-order valence-electron chi connectivity index (χ1n) is 8.39. The molecule has 2 heterocycles. The highest BCUT2D eigenvalue weighted by atomic mass is 16.3. The Hall–Kier alpha value is -2.88. The molecule has 4 nitrogen and oxygen atoms in total. The van der Waals surface area contributed by atoms with Gasteiger partial charge in [-0.1, -0.05) is 57.2 Å². The van der Waals surface area contributed by atoms with Crippen LogP contribution in [0.4, 0.5) is 0 Å². The van der Waals surface area contributed by atoms with Crippen LogP contribution in [0.2, 0.25) is 0 Å². The first-order chi connectivity index (χ1) is 11.9. The summed E-state index contributed by atoms with van der Waals surface area (Å²) in [4.78, 5) is 17.2. The first-order valence-corrected chi connectivity index (χ1v) is 8.39. The van der Waals surface area contributed by atoms with Gasteiger partial charge in [0.25, 0.3) is 5.56 Å². The Balaban J connectivity index is 1.73. The third-order valence-electron chi connectivity index (χ3n) is 4.52. The summed E-state index contributed by atoms with van der Waals surface area (Å²) >= 11 is 0. The highest BCUT2D eigenvalue weighted by molar-refractivity contribution is 6.01. The van der Waals surface area contributed by atoms with Gasteiger partial charge in [0, 0.05) is 5.39 Å². The second-order valence-corrected chi connectivity index (χ2v) is 7.40. The molecule has 0 bridgehead atoms. The van der Waals surface area contributed by atoms with Crippen molar-refractivity contribution in [2.75, 3.05) is 0 Å². The Morgan fingerprint density at radius 1 is 1.04 bits per heavy atom. The van der Waals surface area contributed by atoms with Gasteiger partial charge < -0.3 is 4.42 Å². The second-order valence-electron chi connectivity index (χ2n) is 7.40. The van der Waals surface area contributed by atoms with Gasteiger partial charge in [0.2, 0.25) is 5.58 Å². The van der Waals surface area contributed by atoms with Gasteiger partial charge in [0.15, 0.2) is 0 Å². The van der Waals surface area contributed by atoms with Crippen LogP contribution in [0.1, 0.15) is 31.9 Å². The molecule has 0 aliphatic heterocycles. The lowest BCUT2D eigenvalue weighted by molar-refractivity contribution is 0.589. The SMILES string of the molecule is CC(C)(C)c1ccc(Cn2cnc3c(oc4ccccc43)c2=O)cc1. The van der Waals surface area contributed by atoms with E-state index in [0.717, 1.165) is 10.9 Å². The predicted octanol–water partition coefficient (Wildman–Crippen LogP) is 4.49. The molecule has 2 aromatic carbocycles. The number of nitrogens with zero attached hydrogens (tertiary/aromatic N) is 2. The van der Waals surface area contributed by atoms with Crippen molar-refractivity contribution in [3.63, 3.8) is 0 Å². The average Bonchev–Trinajstić information content (AvgIpc) is 2.97. The molecule has 0 amide bonds. The highest BCUT2D eigenvalue weighted by Gasteiger charge is 2.15. The van der Waals surface area contributed by atoms with Crippen LogP contribution in [0.3, 0.4) is 0 Å². The number of fused-ring (bicyclic) bond motifs is 3. The Bertz CT molecular complexity index is 1110. The van der Waals surface area contributed by atoms with Crippen molar-refractivity contribution in [1.29, 1.82) is 0 Å². The van der Waals surface area contributed by atoms with E-state index in [9.17, 15) is 4.79 Å². The molecule has 4 heteroatoms. The molecular weight excluding hydrogens is 312 g/mol. The van der Waals surface area contributed by atoms with Crippen LogP contribution in [0.15, 0.2) is 64.1 Å². The second kappa shape index (κ2) is 5.59. The molecule has 25 heavy (non-hydrogen) atoms. The summed E-state index contributed by atoms with van der Waals surface area (Å²) in [6.45, 7) is 7.03. The molecule has 0 fully saturated rings. The first kappa shape index (κ1) is 15.6. The fraction of sp³-hybridized carbons (Fsp3) is 0.238. The smallest absolute Gasteiger partial charge is 0.297 e. The normalized spacial score (nSPS) is 12.1. The number of hydrogen-bond acceptors (Lipinski definition) is 3. The predicted molar refractivity (Wildman–Crippen MR) is 100 cm³/mol. The third-order valence-corrected chi connectivity index (χ3v) is 4.52. The summed E-state index contributed by atoms with van der Waals surface area (Å²) in [5.41, 5.74) is 3.93. The fourth-order valence-electron chi connectivity index (χ4n) is 3.03. The van der Waals surface area contributed by atoms with Crippen LogP contribution in [0, 0.1) is 0 Å². The maximum atomic E-state index is 12.8. The lowest BCUT2D eigenvalue weighted by Crippen LogP contribution is -2.20. The molecule has 126 valence electrons. The molecule has 0 spiro atoms. The molecule has 4 rings (SSSR count). The van der Waals surface area contributed by atoms with Crippen LogP contribution in [0.25, 0.3) is 22.1 Å². The summed E-state index contributed by atoms with van der Waals surface area (Å²) in [5.74, 6) is 0. The summed E-state index contributed by atoms with van der Waals surface area (Å²) in [5, 5.41) is 0.872. The fourth-order valence-corrected chi connectivity index (χ4v) is 3.03. The van der Waals surface area contributed by atoms with Gasteiger partial charge in [-0.05, 0) is 28.7 Å². The van der Waals surface area contributed by atoms with E-state index in [2.05, 4.69) is 50.0 Å². The number of hydrogen-bond donors (Lipinski definition) is 0. The van der Waals surface area contributed by atoms with E-state index in [1.165, 1.54) is 5.56 Å². The number of furan rings is 1. The van der Waals surface area contributed by atoms with Crippen LogP contribution >= 0.6 is 0 Å². The molecule has 0 saturated carbocycles. The molecule has 4 aromatic rings. The van der Waals surface area contributed by atoms with E-state index in [4.69, 9.17) is 4.42 Å². The number of rotatable bonds is 2. The van der Waals surface area contributed by atoms with E-state index in [-0.39, 0.29) is 11.0 Å². The third kappa shape index (κ3) is 2.74. The van der Waals surface area contributed by atoms with Crippen molar-refractivity contribution in [2.24, 2.45) is 0 Å². The number of aromatic nitrogens is 2. The van der Waals surface area contributed by atoms with Crippen molar-refractivity contribution in [2.45, 2.75) is 32.7 Å². The molecule has 0 aliphatic carbocycles. The summed E-state index contributed by atoms with van der Waals surface area (Å²) < 4.78 is 7.32. The number of para-hydroxylation sites is 1. The van der Waals surface area contributed by atoms with Crippen molar-refractivity contribution >= 4 is 22.1 Å². The zero-order chi connectivity index (χ0) is 17.6. The summed E-state index contributed by atoms with van der Waals surface area (Å²) in [7, 11) is 0.